The molecule has 1 aliphatic heterocycles. The average molecular weight is 285 g/mol. The van der Waals surface area contributed by atoms with Crippen LogP contribution in [0, 0.1) is 5.92 Å². The van der Waals surface area contributed by atoms with E-state index in [0.29, 0.717) is 30.4 Å². The lowest BCUT2D eigenvalue weighted by Gasteiger charge is -2.15. The second-order valence-electron chi connectivity index (χ2n) is 5.29. The molecule has 108 valence electrons. The minimum atomic E-state index is -3.34. The summed E-state index contributed by atoms with van der Waals surface area (Å²) in [7, 11) is -1.52. The van der Waals surface area contributed by atoms with Crippen LogP contribution in [0.25, 0.3) is 0 Å². The number of aromatic nitrogens is 1. The van der Waals surface area contributed by atoms with Gasteiger partial charge >= 0.3 is 0 Å². The van der Waals surface area contributed by atoms with Crippen molar-refractivity contribution in [2.45, 2.75) is 37.6 Å². The van der Waals surface area contributed by atoms with E-state index in [4.69, 9.17) is 5.73 Å². The molecule has 5 nitrogen and oxygen atoms in total. The number of aryl methyl sites for hydroxylation is 1. The highest BCUT2D eigenvalue weighted by atomic mass is 32.2. The first kappa shape index (κ1) is 14.6. The molecule has 0 saturated carbocycles. The van der Waals surface area contributed by atoms with Gasteiger partial charge in [0, 0.05) is 38.6 Å². The Hall–Kier alpha value is -0.850. The predicted molar refractivity (Wildman–Crippen MR) is 75.1 cm³/mol. The molecule has 1 saturated heterocycles. The molecule has 2 N–H and O–H groups in total. The molecule has 2 rings (SSSR count). The summed E-state index contributed by atoms with van der Waals surface area (Å²) in [5.74, 6) is 0.512. The van der Waals surface area contributed by atoms with Crippen molar-refractivity contribution < 1.29 is 8.42 Å². The topological polar surface area (TPSA) is 68.3 Å². The van der Waals surface area contributed by atoms with Gasteiger partial charge in [-0.2, -0.15) is 4.31 Å². The third-order valence-corrected chi connectivity index (χ3v) is 5.71. The molecule has 0 amide bonds. The number of nitrogens with two attached hydrogens (primary N) is 1. The molecule has 1 atom stereocenters. The van der Waals surface area contributed by atoms with Crippen LogP contribution in [0.2, 0.25) is 0 Å². The van der Waals surface area contributed by atoms with E-state index in [-0.39, 0.29) is 0 Å². The highest BCUT2D eigenvalue weighted by molar-refractivity contribution is 7.89. The van der Waals surface area contributed by atoms with Gasteiger partial charge in [-0.15, -0.1) is 0 Å². The highest BCUT2D eigenvalue weighted by Crippen LogP contribution is 2.27. The van der Waals surface area contributed by atoms with E-state index >= 15 is 0 Å². The zero-order valence-electron chi connectivity index (χ0n) is 11.7. The largest absolute Gasteiger partial charge is 0.352 e. The van der Waals surface area contributed by atoms with Crippen molar-refractivity contribution in [3.63, 3.8) is 0 Å². The van der Waals surface area contributed by atoms with Crippen LogP contribution in [0.15, 0.2) is 17.2 Å². The van der Waals surface area contributed by atoms with Crippen molar-refractivity contribution in [1.29, 1.82) is 0 Å². The normalized spacial score (nSPS) is 21.1. The summed E-state index contributed by atoms with van der Waals surface area (Å²) in [6, 6.07) is 1.68. The summed E-state index contributed by atoms with van der Waals surface area (Å²) in [5.41, 5.74) is 6.43. The maximum atomic E-state index is 12.5. The second-order valence-corrected chi connectivity index (χ2v) is 7.23. The van der Waals surface area contributed by atoms with Crippen LogP contribution in [-0.4, -0.2) is 30.4 Å². The van der Waals surface area contributed by atoms with Crippen molar-refractivity contribution in [1.82, 2.24) is 8.87 Å². The van der Waals surface area contributed by atoms with E-state index in [9.17, 15) is 8.42 Å². The first-order valence-corrected chi connectivity index (χ1v) is 8.28. The number of sulfonamides is 1. The van der Waals surface area contributed by atoms with Crippen LogP contribution in [0.5, 0.6) is 0 Å². The number of nitrogens with zero attached hydrogens (tertiary/aromatic N) is 2. The van der Waals surface area contributed by atoms with E-state index in [1.807, 2.05) is 7.05 Å². The third kappa shape index (κ3) is 2.85. The Morgan fingerprint density at radius 3 is 2.79 bits per heavy atom. The van der Waals surface area contributed by atoms with Crippen molar-refractivity contribution in [2.24, 2.45) is 18.7 Å². The van der Waals surface area contributed by atoms with Gasteiger partial charge in [0.05, 0.1) is 0 Å². The summed E-state index contributed by atoms with van der Waals surface area (Å²) >= 11 is 0. The molecule has 1 unspecified atom stereocenters. The SMILES string of the molecule is CCCC1CCN(S(=O)(=O)c2cc(CN)n(C)c2)C1. The van der Waals surface area contributed by atoms with Gasteiger partial charge in [-0.05, 0) is 24.8 Å². The molecule has 1 fully saturated rings. The molecule has 0 aliphatic carbocycles. The van der Waals surface area contributed by atoms with Gasteiger partial charge in [0.1, 0.15) is 4.90 Å². The fraction of sp³-hybridized carbons (Fsp3) is 0.692. The maximum Gasteiger partial charge on any atom is 0.244 e. The van der Waals surface area contributed by atoms with Gasteiger partial charge < -0.3 is 10.3 Å². The summed E-state index contributed by atoms with van der Waals surface area (Å²) in [6.45, 7) is 3.79. The molecule has 19 heavy (non-hydrogen) atoms. The Kier molecular flexibility index (Phi) is 4.32. The molecule has 0 bridgehead atoms. The van der Waals surface area contributed by atoms with Gasteiger partial charge in [0.25, 0.3) is 0 Å². The smallest absolute Gasteiger partial charge is 0.244 e. The number of rotatable bonds is 5. The minimum Gasteiger partial charge on any atom is -0.352 e. The summed E-state index contributed by atoms with van der Waals surface area (Å²) in [5, 5.41) is 0. The molecule has 1 aromatic rings. The summed E-state index contributed by atoms with van der Waals surface area (Å²) in [4.78, 5) is 0.368. The lowest BCUT2D eigenvalue weighted by atomic mass is 10.0. The predicted octanol–water partition coefficient (Wildman–Crippen LogP) is 1.29. The lowest BCUT2D eigenvalue weighted by molar-refractivity contribution is 0.444. The molecular formula is C13H23N3O2S. The van der Waals surface area contributed by atoms with E-state index in [2.05, 4.69) is 6.92 Å². The lowest BCUT2D eigenvalue weighted by Crippen LogP contribution is -2.28. The average Bonchev–Trinajstić information content (AvgIpc) is 2.96. The van der Waals surface area contributed by atoms with E-state index < -0.39 is 10.0 Å². The molecule has 0 radical (unpaired) electrons. The number of hydrogen-bond donors (Lipinski definition) is 1. The standard InChI is InChI=1S/C13H23N3O2S/c1-3-4-11-5-6-16(9-11)19(17,18)13-7-12(8-14)15(2)10-13/h7,10-11H,3-6,8-9,14H2,1-2H3. The Morgan fingerprint density at radius 1 is 1.47 bits per heavy atom. The Bertz CT molecular complexity index is 536. The van der Waals surface area contributed by atoms with E-state index in [1.54, 1.807) is 21.1 Å². The summed E-state index contributed by atoms with van der Waals surface area (Å²) < 4.78 is 28.5. The Morgan fingerprint density at radius 2 is 2.21 bits per heavy atom. The monoisotopic (exact) mass is 285 g/mol. The van der Waals surface area contributed by atoms with Crippen molar-refractivity contribution in [3.8, 4) is 0 Å². The molecular weight excluding hydrogens is 262 g/mol. The molecule has 0 aromatic carbocycles. The molecule has 0 spiro atoms. The Labute approximate surface area is 115 Å². The van der Waals surface area contributed by atoms with Crippen LogP contribution in [0.1, 0.15) is 31.9 Å². The number of hydrogen-bond acceptors (Lipinski definition) is 3. The highest BCUT2D eigenvalue weighted by Gasteiger charge is 2.32. The quantitative estimate of drug-likeness (QED) is 0.886. The fourth-order valence-electron chi connectivity index (χ4n) is 2.73. The van der Waals surface area contributed by atoms with Crippen LogP contribution in [-0.2, 0) is 23.6 Å². The van der Waals surface area contributed by atoms with Crippen molar-refractivity contribution >= 4 is 10.0 Å². The van der Waals surface area contributed by atoms with Crippen LogP contribution in [0.4, 0.5) is 0 Å². The van der Waals surface area contributed by atoms with E-state index in [0.717, 1.165) is 25.0 Å². The van der Waals surface area contributed by atoms with Crippen molar-refractivity contribution in [2.75, 3.05) is 13.1 Å². The summed E-state index contributed by atoms with van der Waals surface area (Å²) in [6.07, 6.45) is 4.85. The molecule has 1 aromatic heterocycles. The molecule has 1 aliphatic rings. The van der Waals surface area contributed by atoms with Crippen LogP contribution < -0.4 is 5.73 Å². The second kappa shape index (κ2) is 5.64. The van der Waals surface area contributed by atoms with Crippen molar-refractivity contribution in [3.05, 3.63) is 18.0 Å². The van der Waals surface area contributed by atoms with Gasteiger partial charge in [-0.1, -0.05) is 13.3 Å². The van der Waals surface area contributed by atoms with Crippen LogP contribution in [0.3, 0.4) is 0 Å². The minimum absolute atomic E-state index is 0.352. The van der Waals surface area contributed by atoms with Crippen LogP contribution >= 0.6 is 0 Å². The van der Waals surface area contributed by atoms with Gasteiger partial charge in [0.15, 0.2) is 0 Å². The first-order chi connectivity index (χ1) is 8.98. The maximum absolute atomic E-state index is 12.5. The Balaban J connectivity index is 2.18. The molecule has 6 heteroatoms. The fourth-order valence-corrected chi connectivity index (χ4v) is 4.36. The first-order valence-electron chi connectivity index (χ1n) is 6.84. The van der Waals surface area contributed by atoms with Gasteiger partial charge in [-0.25, -0.2) is 8.42 Å². The van der Waals surface area contributed by atoms with Gasteiger partial charge in [-0.3, -0.25) is 0 Å². The third-order valence-electron chi connectivity index (χ3n) is 3.88. The zero-order valence-corrected chi connectivity index (χ0v) is 12.5. The van der Waals surface area contributed by atoms with E-state index in [1.165, 1.54) is 0 Å². The van der Waals surface area contributed by atoms with Gasteiger partial charge in [0.2, 0.25) is 10.0 Å². The molecule has 2 heterocycles. The zero-order chi connectivity index (χ0) is 14.0.